The number of nitrogens with zero attached hydrogens (tertiary/aromatic N) is 2. The first-order valence-corrected chi connectivity index (χ1v) is 7.06. The molecule has 0 aromatic carbocycles. The molecule has 2 heterocycles. The molecule has 5 nitrogen and oxygen atoms in total. The fraction of sp³-hybridized carbons (Fsp3) is 0.714. The van der Waals surface area contributed by atoms with Crippen LogP contribution in [0.15, 0.2) is 0 Å². The van der Waals surface area contributed by atoms with E-state index in [1.165, 1.54) is 0 Å². The Morgan fingerprint density at radius 2 is 2.26 bits per heavy atom. The minimum absolute atomic E-state index is 0.122. The van der Waals surface area contributed by atoms with Gasteiger partial charge in [0.05, 0.1) is 11.3 Å². The number of hydrogen-bond donors (Lipinski definition) is 2. The summed E-state index contributed by atoms with van der Waals surface area (Å²) >= 11 is 0. The summed E-state index contributed by atoms with van der Waals surface area (Å²) in [4.78, 5) is 14.6. The van der Waals surface area contributed by atoms with Gasteiger partial charge < -0.3 is 10.2 Å². The maximum Gasteiger partial charge on any atom is 0.257 e. The summed E-state index contributed by atoms with van der Waals surface area (Å²) in [5.74, 6) is 0.659. The first-order chi connectivity index (χ1) is 9.08. The number of amides is 1. The Morgan fingerprint density at radius 3 is 2.79 bits per heavy atom. The summed E-state index contributed by atoms with van der Waals surface area (Å²) in [6.07, 6.45) is 2.12. The second-order valence-corrected chi connectivity index (χ2v) is 5.41. The minimum Gasteiger partial charge on any atom is -0.338 e. The maximum atomic E-state index is 12.6. The van der Waals surface area contributed by atoms with Crippen LogP contribution in [-0.2, 0) is 0 Å². The second kappa shape index (κ2) is 5.74. The molecule has 0 saturated carbocycles. The summed E-state index contributed by atoms with van der Waals surface area (Å²) < 4.78 is 0. The number of aryl methyl sites for hydroxylation is 2. The number of hydrogen-bond acceptors (Lipinski definition) is 3. The monoisotopic (exact) mass is 264 g/mol. The van der Waals surface area contributed by atoms with Gasteiger partial charge in [0.25, 0.3) is 5.91 Å². The van der Waals surface area contributed by atoms with Crippen LogP contribution in [0.5, 0.6) is 0 Å². The Hall–Kier alpha value is -1.36. The molecule has 2 N–H and O–H groups in total. The van der Waals surface area contributed by atoms with E-state index in [0.29, 0.717) is 12.0 Å². The number of aromatic nitrogens is 2. The van der Waals surface area contributed by atoms with E-state index in [9.17, 15) is 4.79 Å². The van der Waals surface area contributed by atoms with Crippen molar-refractivity contribution >= 4 is 5.91 Å². The molecule has 1 fully saturated rings. The Balaban J connectivity index is 2.13. The van der Waals surface area contributed by atoms with Gasteiger partial charge in [-0.2, -0.15) is 5.10 Å². The maximum absolute atomic E-state index is 12.6. The lowest BCUT2D eigenvalue weighted by molar-refractivity contribution is 0.0630. The highest BCUT2D eigenvalue weighted by Crippen LogP contribution is 2.23. The number of rotatable bonds is 3. The van der Waals surface area contributed by atoms with Gasteiger partial charge in [0.2, 0.25) is 0 Å². The number of likely N-dealkylation sites (tertiary alicyclic amines) is 1. The summed E-state index contributed by atoms with van der Waals surface area (Å²) in [7, 11) is 2.01. The van der Waals surface area contributed by atoms with Gasteiger partial charge in [-0.15, -0.1) is 0 Å². The van der Waals surface area contributed by atoms with E-state index in [-0.39, 0.29) is 5.91 Å². The summed E-state index contributed by atoms with van der Waals surface area (Å²) in [5, 5.41) is 10.4. The van der Waals surface area contributed by atoms with E-state index in [1.54, 1.807) is 0 Å². The molecular weight excluding hydrogens is 240 g/mol. The highest BCUT2D eigenvalue weighted by atomic mass is 16.2. The quantitative estimate of drug-likeness (QED) is 0.869. The number of aromatic amines is 1. The summed E-state index contributed by atoms with van der Waals surface area (Å²) in [5.41, 5.74) is 2.41. The normalized spacial score (nSPS) is 23.7. The standard InChI is InChI=1S/C14H24N4O/c1-5-11-8-18(7-6-12(11)15-4)14(19)13-9(2)16-17-10(13)3/h11-12,15H,5-8H2,1-4H3,(H,16,17). The molecule has 1 amide bonds. The lowest BCUT2D eigenvalue weighted by Crippen LogP contribution is -2.50. The zero-order valence-electron chi connectivity index (χ0n) is 12.3. The number of nitrogens with one attached hydrogen (secondary N) is 2. The lowest BCUT2D eigenvalue weighted by Gasteiger charge is -2.38. The zero-order chi connectivity index (χ0) is 14.0. The molecule has 2 atom stereocenters. The van der Waals surface area contributed by atoms with Gasteiger partial charge in [0.15, 0.2) is 0 Å². The van der Waals surface area contributed by atoms with Crippen LogP contribution in [0.1, 0.15) is 41.5 Å². The van der Waals surface area contributed by atoms with Crippen LogP contribution in [0.3, 0.4) is 0 Å². The van der Waals surface area contributed by atoms with Gasteiger partial charge in [-0.05, 0) is 33.2 Å². The molecule has 5 heteroatoms. The van der Waals surface area contributed by atoms with Crippen molar-refractivity contribution in [2.75, 3.05) is 20.1 Å². The van der Waals surface area contributed by atoms with E-state index in [0.717, 1.165) is 42.9 Å². The van der Waals surface area contributed by atoms with Gasteiger partial charge in [-0.25, -0.2) is 0 Å². The third-order valence-electron chi connectivity index (χ3n) is 4.26. The van der Waals surface area contributed by atoms with Crippen LogP contribution in [0.25, 0.3) is 0 Å². The second-order valence-electron chi connectivity index (χ2n) is 5.41. The number of H-pyrrole nitrogens is 1. The average molecular weight is 264 g/mol. The molecule has 0 spiro atoms. The van der Waals surface area contributed by atoms with E-state index in [4.69, 9.17) is 0 Å². The fourth-order valence-corrected chi connectivity index (χ4v) is 3.03. The van der Waals surface area contributed by atoms with Gasteiger partial charge in [0, 0.05) is 24.8 Å². The topological polar surface area (TPSA) is 61.0 Å². The molecule has 0 aliphatic carbocycles. The van der Waals surface area contributed by atoms with Crippen LogP contribution in [-0.4, -0.2) is 47.2 Å². The van der Waals surface area contributed by atoms with Crippen molar-refractivity contribution in [2.24, 2.45) is 5.92 Å². The molecule has 106 valence electrons. The van der Waals surface area contributed by atoms with Crippen LogP contribution in [0.2, 0.25) is 0 Å². The fourth-order valence-electron chi connectivity index (χ4n) is 3.03. The van der Waals surface area contributed by atoms with Crippen LogP contribution < -0.4 is 5.32 Å². The van der Waals surface area contributed by atoms with Crippen molar-refractivity contribution in [3.05, 3.63) is 17.0 Å². The van der Waals surface area contributed by atoms with Gasteiger partial charge in [-0.3, -0.25) is 9.89 Å². The number of carbonyl (C=O) groups excluding carboxylic acids is 1. The first-order valence-electron chi connectivity index (χ1n) is 7.06. The van der Waals surface area contributed by atoms with Crippen molar-refractivity contribution in [1.82, 2.24) is 20.4 Å². The van der Waals surface area contributed by atoms with Gasteiger partial charge in [0.1, 0.15) is 0 Å². The van der Waals surface area contributed by atoms with E-state index < -0.39 is 0 Å². The van der Waals surface area contributed by atoms with Crippen molar-refractivity contribution in [3.63, 3.8) is 0 Å². The van der Waals surface area contributed by atoms with E-state index >= 15 is 0 Å². The number of piperidine rings is 1. The molecule has 1 saturated heterocycles. The van der Waals surface area contributed by atoms with Crippen LogP contribution >= 0.6 is 0 Å². The predicted octanol–water partition coefficient (Wildman–Crippen LogP) is 1.49. The molecular formula is C14H24N4O. The zero-order valence-corrected chi connectivity index (χ0v) is 12.3. The van der Waals surface area contributed by atoms with Gasteiger partial charge >= 0.3 is 0 Å². The van der Waals surface area contributed by atoms with E-state index in [1.807, 2.05) is 25.8 Å². The van der Waals surface area contributed by atoms with Crippen molar-refractivity contribution in [1.29, 1.82) is 0 Å². The lowest BCUT2D eigenvalue weighted by atomic mass is 9.89. The Morgan fingerprint density at radius 1 is 1.53 bits per heavy atom. The number of carbonyl (C=O) groups is 1. The Kier molecular flexibility index (Phi) is 4.24. The highest BCUT2D eigenvalue weighted by Gasteiger charge is 2.31. The Bertz CT molecular complexity index is 435. The third kappa shape index (κ3) is 2.66. The molecule has 1 aromatic rings. The Labute approximate surface area is 114 Å². The van der Waals surface area contributed by atoms with Crippen molar-refractivity contribution in [3.8, 4) is 0 Å². The molecule has 1 aliphatic heterocycles. The third-order valence-corrected chi connectivity index (χ3v) is 4.26. The largest absolute Gasteiger partial charge is 0.338 e. The van der Waals surface area contributed by atoms with Crippen LogP contribution in [0, 0.1) is 19.8 Å². The summed E-state index contributed by atoms with van der Waals surface area (Å²) in [6, 6.07) is 0.528. The molecule has 2 rings (SSSR count). The first kappa shape index (κ1) is 14.1. The summed E-state index contributed by atoms with van der Waals surface area (Å²) in [6.45, 7) is 7.65. The SMILES string of the molecule is CCC1CN(C(=O)c2c(C)n[nH]c2C)CCC1NC. The molecule has 1 aromatic heterocycles. The van der Waals surface area contributed by atoms with Crippen LogP contribution in [0.4, 0.5) is 0 Å². The smallest absolute Gasteiger partial charge is 0.257 e. The van der Waals surface area contributed by atoms with Crippen molar-refractivity contribution in [2.45, 2.75) is 39.7 Å². The molecule has 2 unspecified atom stereocenters. The molecule has 0 radical (unpaired) electrons. The van der Waals surface area contributed by atoms with Crippen molar-refractivity contribution < 1.29 is 4.79 Å². The molecule has 0 bridgehead atoms. The molecule has 1 aliphatic rings. The van der Waals surface area contributed by atoms with E-state index in [2.05, 4.69) is 22.4 Å². The predicted molar refractivity (Wildman–Crippen MR) is 75.2 cm³/mol. The highest BCUT2D eigenvalue weighted by molar-refractivity contribution is 5.96. The average Bonchev–Trinajstić information content (AvgIpc) is 2.76. The molecule has 19 heavy (non-hydrogen) atoms. The minimum atomic E-state index is 0.122. The van der Waals surface area contributed by atoms with Gasteiger partial charge in [-0.1, -0.05) is 13.3 Å².